The van der Waals surface area contributed by atoms with E-state index in [0.29, 0.717) is 48.0 Å². The molecule has 3 heterocycles. The molecule has 2 fully saturated rings. The first-order valence-corrected chi connectivity index (χ1v) is 11.2. The van der Waals surface area contributed by atoms with Crippen molar-refractivity contribution in [3.63, 3.8) is 0 Å². The van der Waals surface area contributed by atoms with Gasteiger partial charge in [-0.3, -0.25) is 0 Å². The Balaban J connectivity index is 1.49. The third-order valence-corrected chi connectivity index (χ3v) is 5.84. The van der Waals surface area contributed by atoms with Gasteiger partial charge in [-0.05, 0) is 56.0 Å². The van der Waals surface area contributed by atoms with E-state index in [9.17, 15) is 4.39 Å². The number of H-pyrrole nitrogens is 1. The maximum absolute atomic E-state index is 13.5. The second kappa shape index (κ2) is 9.34. The van der Waals surface area contributed by atoms with E-state index in [1.807, 2.05) is 6.07 Å². The summed E-state index contributed by atoms with van der Waals surface area (Å²) in [6, 6.07) is 8.40. The zero-order chi connectivity index (χ0) is 21.9. The van der Waals surface area contributed by atoms with Gasteiger partial charge in [-0.25, -0.2) is 14.4 Å². The van der Waals surface area contributed by atoms with Crippen molar-refractivity contribution in [2.75, 3.05) is 13.2 Å². The molecule has 0 bridgehead atoms. The average Bonchev–Trinajstić information content (AvgIpc) is 3.26. The third kappa shape index (κ3) is 4.66. The van der Waals surface area contributed by atoms with Gasteiger partial charge in [-0.1, -0.05) is 13.3 Å². The largest absolute Gasteiger partial charge is 0.460 e. The van der Waals surface area contributed by atoms with Crippen molar-refractivity contribution in [3.8, 4) is 28.7 Å². The lowest BCUT2D eigenvalue weighted by Crippen LogP contribution is -2.25. The van der Waals surface area contributed by atoms with Crippen molar-refractivity contribution in [3.05, 3.63) is 48.2 Å². The number of rotatable bonds is 5. The number of halogens is 1. The molecule has 1 aliphatic heterocycles. The Hall–Kier alpha value is -2.84. The lowest BCUT2D eigenvalue weighted by Gasteiger charge is -2.25. The fraction of sp³-hybridized carbons (Fsp3) is 0.458. The van der Waals surface area contributed by atoms with Gasteiger partial charge in [0.25, 0.3) is 0 Å². The SMILES string of the molecule is CC1COC(c2nc(-c3ccc(F)cc3)c(-c3ccnc(OC4CCCCC4)n3)[nH]2)OC1. The maximum Gasteiger partial charge on any atom is 0.317 e. The van der Waals surface area contributed by atoms with Crippen LogP contribution in [0.4, 0.5) is 4.39 Å². The minimum atomic E-state index is -0.584. The monoisotopic (exact) mass is 438 g/mol. The molecule has 2 aliphatic rings. The molecule has 0 atom stereocenters. The van der Waals surface area contributed by atoms with Crippen LogP contribution >= 0.6 is 0 Å². The molecule has 1 aromatic carbocycles. The molecule has 7 nitrogen and oxygen atoms in total. The molecule has 1 saturated carbocycles. The molecule has 5 rings (SSSR count). The molecule has 3 aromatic rings. The van der Waals surface area contributed by atoms with Gasteiger partial charge in [-0.15, -0.1) is 0 Å². The van der Waals surface area contributed by atoms with Crippen LogP contribution in [0.2, 0.25) is 0 Å². The Bertz CT molecular complexity index is 1040. The fourth-order valence-corrected chi connectivity index (χ4v) is 4.13. The van der Waals surface area contributed by atoms with E-state index >= 15 is 0 Å². The molecule has 1 N–H and O–H groups in total. The average molecular weight is 439 g/mol. The molecule has 1 saturated heterocycles. The zero-order valence-electron chi connectivity index (χ0n) is 18.1. The van der Waals surface area contributed by atoms with Crippen molar-refractivity contribution in [1.82, 2.24) is 19.9 Å². The highest BCUT2D eigenvalue weighted by molar-refractivity contribution is 5.76. The standard InChI is InChI=1S/C24H27FN4O3/c1-15-13-30-23(31-14-15)22-28-20(16-7-9-17(25)10-8-16)21(29-22)19-11-12-26-24(27-19)32-18-5-3-2-4-6-18/h7-12,15,18,23H,2-6,13-14H2,1H3,(H,28,29). The Morgan fingerprint density at radius 3 is 2.50 bits per heavy atom. The summed E-state index contributed by atoms with van der Waals surface area (Å²) >= 11 is 0. The molecule has 32 heavy (non-hydrogen) atoms. The van der Waals surface area contributed by atoms with Gasteiger partial charge >= 0.3 is 6.01 Å². The predicted molar refractivity (Wildman–Crippen MR) is 116 cm³/mol. The normalized spacial score (nSPS) is 22.1. The van der Waals surface area contributed by atoms with E-state index in [0.717, 1.165) is 18.4 Å². The van der Waals surface area contributed by atoms with Gasteiger partial charge in [0.2, 0.25) is 6.29 Å². The molecular weight excluding hydrogens is 411 g/mol. The van der Waals surface area contributed by atoms with Gasteiger partial charge in [0, 0.05) is 17.7 Å². The summed E-state index contributed by atoms with van der Waals surface area (Å²) in [6.45, 7) is 3.27. The summed E-state index contributed by atoms with van der Waals surface area (Å²) in [7, 11) is 0. The minimum Gasteiger partial charge on any atom is -0.460 e. The van der Waals surface area contributed by atoms with Crippen LogP contribution in [0.15, 0.2) is 36.5 Å². The first kappa shape index (κ1) is 21.0. The molecule has 0 unspecified atom stereocenters. The molecule has 1 aliphatic carbocycles. The van der Waals surface area contributed by atoms with Crippen LogP contribution < -0.4 is 4.74 Å². The summed E-state index contributed by atoms with van der Waals surface area (Å²) in [5, 5.41) is 0. The summed E-state index contributed by atoms with van der Waals surface area (Å²) in [5.74, 6) is 0.586. The second-order valence-corrected chi connectivity index (χ2v) is 8.56. The summed E-state index contributed by atoms with van der Waals surface area (Å²) in [6.07, 6.45) is 6.90. The number of aromatic nitrogens is 4. The zero-order valence-corrected chi connectivity index (χ0v) is 18.1. The highest BCUT2D eigenvalue weighted by Crippen LogP contribution is 2.33. The fourth-order valence-electron chi connectivity index (χ4n) is 4.13. The number of hydrogen-bond acceptors (Lipinski definition) is 6. The van der Waals surface area contributed by atoms with Crippen LogP contribution in [-0.4, -0.2) is 39.3 Å². The lowest BCUT2D eigenvalue weighted by molar-refractivity contribution is -0.205. The lowest BCUT2D eigenvalue weighted by atomic mass is 9.98. The Kier molecular flexibility index (Phi) is 6.14. The quantitative estimate of drug-likeness (QED) is 0.599. The summed E-state index contributed by atoms with van der Waals surface area (Å²) < 4.78 is 31.2. The smallest absolute Gasteiger partial charge is 0.317 e. The van der Waals surface area contributed by atoms with E-state index in [1.54, 1.807) is 18.3 Å². The van der Waals surface area contributed by atoms with Gasteiger partial charge in [-0.2, -0.15) is 4.98 Å². The van der Waals surface area contributed by atoms with Gasteiger partial charge in [0.1, 0.15) is 11.9 Å². The van der Waals surface area contributed by atoms with Crippen LogP contribution in [0, 0.1) is 11.7 Å². The van der Waals surface area contributed by atoms with Crippen LogP contribution in [0.3, 0.4) is 0 Å². The Morgan fingerprint density at radius 2 is 1.75 bits per heavy atom. The van der Waals surface area contributed by atoms with E-state index in [1.165, 1.54) is 31.4 Å². The van der Waals surface area contributed by atoms with Crippen LogP contribution in [0.25, 0.3) is 22.6 Å². The van der Waals surface area contributed by atoms with E-state index in [-0.39, 0.29) is 11.9 Å². The van der Waals surface area contributed by atoms with Crippen molar-refractivity contribution in [1.29, 1.82) is 0 Å². The number of benzene rings is 1. The van der Waals surface area contributed by atoms with Crippen molar-refractivity contribution in [2.24, 2.45) is 5.92 Å². The number of imidazole rings is 1. The molecular formula is C24H27FN4O3. The molecule has 2 aromatic heterocycles. The van der Waals surface area contributed by atoms with E-state index in [4.69, 9.17) is 19.2 Å². The highest BCUT2D eigenvalue weighted by atomic mass is 19.1. The second-order valence-electron chi connectivity index (χ2n) is 8.56. The maximum atomic E-state index is 13.5. The first-order valence-electron chi connectivity index (χ1n) is 11.2. The van der Waals surface area contributed by atoms with Gasteiger partial charge in [0.05, 0.1) is 30.3 Å². The van der Waals surface area contributed by atoms with Gasteiger partial charge in [0.15, 0.2) is 5.82 Å². The van der Waals surface area contributed by atoms with Crippen LogP contribution in [0.5, 0.6) is 6.01 Å². The predicted octanol–water partition coefficient (Wildman–Crippen LogP) is 5.07. The Labute approximate surface area is 186 Å². The van der Waals surface area contributed by atoms with Crippen LogP contribution in [0.1, 0.15) is 51.1 Å². The molecule has 8 heteroatoms. The van der Waals surface area contributed by atoms with Gasteiger partial charge < -0.3 is 19.2 Å². The third-order valence-electron chi connectivity index (χ3n) is 5.84. The van der Waals surface area contributed by atoms with Crippen molar-refractivity contribution < 1.29 is 18.6 Å². The number of hydrogen-bond donors (Lipinski definition) is 1. The van der Waals surface area contributed by atoms with E-state index < -0.39 is 6.29 Å². The molecule has 0 amide bonds. The number of nitrogens with one attached hydrogen (secondary N) is 1. The highest BCUT2D eigenvalue weighted by Gasteiger charge is 2.27. The van der Waals surface area contributed by atoms with E-state index in [2.05, 4.69) is 21.9 Å². The van der Waals surface area contributed by atoms with Crippen LogP contribution in [-0.2, 0) is 9.47 Å². The number of aromatic amines is 1. The molecule has 168 valence electrons. The summed E-state index contributed by atoms with van der Waals surface area (Å²) in [5.41, 5.74) is 2.75. The minimum absolute atomic E-state index is 0.152. The molecule has 0 radical (unpaired) electrons. The Morgan fingerprint density at radius 1 is 1.00 bits per heavy atom. The van der Waals surface area contributed by atoms with Crippen molar-refractivity contribution in [2.45, 2.75) is 51.4 Å². The van der Waals surface area contributed by atoms with Crippen molar-refractivity contribution >= 4 is 0 Å². The topological polar surface area (TPSA) is 82.2 Å². The summed E-state index contributed by atoms with van der Waals surface area (Å²) in [4.78, 5) is 17.0. The molecule has 0 spiro atoms. The first-order chi connectivity index (χ1) is 15.7. The number of ether oxygens (including phenoxy) is 3. The number of nitrogens with zero attached hydrogens (tertiary/aromatic N) is 3.